The van der Waals surface area contributed by atoms with E-state index >= 15 is 0 Å². The number of hydrogen-bond donors (Lipinski definition) is 3. The summed E-state index contributed by atoms with van der Waals surface area (Å²) in [4.78, 5) is 26.0. The first-order valence-corrected chi connectivity index (χ1v) is 12.2. The summed E-state index contributed by atoms with van der Waals surface area (Å²) >= 11 is 6.20. The zero-order valence-electron chi connectivity index (χ0n) is 19.3. The molecule has 0 spiro atoms. The Balaban J connectivity index is 1.51. The molecule has 1 saturated carbocycles. The number of ether oxygens (including phenoxy) is 1. The van der Waals surface area contributed by atoms with Crippen LogP contribution in [-0.2, 0) is 9.53 Å². The van der Waals surface area contributed by atoms with E-state index in [1.807, 2.05) is 24.3 Å². The lowest BCUT2D eigenvalue weighted by Crippen LogP contribution is -2.41. The summed E-state index contributed by atoms with van der Waals surface area (Å²) in [5.74, 6) is 0.974. The van der Waals surface area contributed by atoms with E-state index in [-0.39, 0.29) is 23.4 Å². The van der Waals surface area contributed by atoms with Gasteiger partial charge < -0.3 is 21.1 Å². The minimum atomic E-state index is -0.218. The molecule has 34 heavy (non-hydrogen) atoms. The highest BCUT2D eigenvalue weighted by molar-refractivity contribution is 6.30. The molecule has 2 aliphatic rings. The van der Waals surface area contributed by atoms with E-state index in [1.165, 1.54) is 0 Å². The second-order valence-electron chi connectivity index (χ2n) is 9.55. The van der Waals surface area contributed by atoms with Gasteiger partial charge in [-0.05, 0) is 63.6 Å². The van der Waals surface area contributed by atoms with E-state index in [9.17, 15) is 4.79 Å². The van der Waals surface area contributed by atoms with E-state index in [4.69, 9.17) is 32.0 Å². The minimum absolute atomic E-state index is 0.0734. The molecular formula is C24H30ClN7O2. The van der Waals surface area contributed by atoms with Crippen molar-refractivity contribution in [3.05, 3.63) is 35.5 Å². The smallest absolute Gasteiger partial charge is 0.225 e. The number of nitrogens with two attached hydrogens (primary N) is 1. The number of hydrogen-bond acceptors (Lipinski definition) is 7. The molecule has 0 bridgehead atoms. The third kappa shape index (κ3) is 4.81. The van der Waals surface area contributed by atoms with Crippen LogP contribution < -0.4 is 16.4 Å². The first kappa shape index (κ1) is 22.9. The SMILES string of the molecule is CC1(Nc2ncc3nc(Nc4cccc(Cl)c4)n(C4CCC(C(N)=O)CC4)c3n2)CCOCC1. The largest absolute Gasteiger partial charge is 0.381 e. The zero-order valence-corrected chi connectivity index (χ0v) is 20.0. The highest BCUT2D eigenvalue weighted by atomic mass is 35.5. The van der Waals surface area contributed by atoms with Crippen molar-refractivity contribution in [1.29, 1.82) is 0 Å². The lowest BCUT2D eigenvalue weighted by atomic mass is 9.85. The number of nitrogens with zero attached hydrogens (tertiary/aromatic N) is 4. The molecule has 4 N–H and O–H groups in total. The molecule has 1 saturated heterocycles. The van der Waals surface area contributed by atoms with Crippen LogP contribution in [0.1, 0.15) is 51.5 Å². The lowest BCUT2D eigenvalue weighted by molar-refractivity contribution is -0.122. The van der Waals surface area contributed by atoms with Gasteiger partial charge in [0.25, 0.3) is 0 Å². The van der Waals surface area contributed by atoms with Crippen LogP contribution in [0.25, 0.3) is 11.2 Å². The van der Waals surface area contributed by atoms with Gasteiger partial charge in [-0.1, -0.05) is 17.7 Å². The highest BCUT2D eigenvalue weighted by Crippen LogP contribution is 2.37. The molecule has 0 unspecified atom stereocenters. The van der Waals surface area contributed by atoms with Gasteiger partial charge in [0.05, 0.1) is 6.20 Å². The number of imidazole rings is 1. The van der Waals surface area contributed by atoms with E-state index in [0.717, 1.165) is 63.1 Å². The van der Waals surface area contributed by atoms with Crippen molar-refractivity contribution in [3.8, 4) is 0 Å². The van der Waals surface area contributed by atoms with Crippen LogP contribution in [0.5, 0.6) is 0 Å². The van der Waals surface area contributed by atoms with Gasteiger partial charge in [-0.3, -0.25) is 9.36 Å². The Morgan fingerprint density at radius 1 is 1.21 bits per heavy atom. The molecule has 2 fully saturated rings. The van der Waals surface area contributed by atoms with E-state index in [2.05, 4.69) is 27.1 Å². The molecule has 2 aromatic heterocycles. The van der Waals surface area contributed by atoms with Crippen LogP contribution in [0.3, 0.4) is 0 Å². The third-order valence-corrected chi connectivity index (χ3v) is 7.22. The first-order valence-electron chi connectivity index (χ1n) is 11.8. The Kier molecular flexibility index (Phi) is 6.31. The molecule has 3 heterocycles. The molecular weight excluding hydrogens is 454 g/mol. The fourth-order valence-corrected chi connectivity index (χ4v) is 5.11. The van der Waals surface area contributed by atoms with Crippen molar-refractivity contribution in [1.82, 2.24) is 19.5 Å². The molecule has 1 aliphatic carbocycles. The van der Waals surface area contributed by atoms with Crippen molar-refractivity contribution in [2.75, 3.05) is 23.8 Å². The Hall–Kier alpha value is -2.91. The average Bonchev–Trinajstić information content (AvgIpc) is 3.16. The number of nitrogens with one attached hydrogen (secondary N) is 2. The molecule has 180 valence electrons. The molecule has 1 aromatic carbocycles. The van der Waals surface area contributed by atoms with Crippen LogP contribution in [0, 0.1) is 5.92 Å². The average molecular weight is 484 g/mol. The first-order chi connectivity index (χ1) is 16.4. The monoisotopic (exact) mass is 483 g/mol. The van der Waals surface area contributed by atoms with Gasteiger partial charge >= 0.3 is 0 Å². The van der Waals surface area contributed by atoms with Crippen LogP contribution in [0.2, 0.25) is 5.02 Å². The second kappa shape index (κ2) is 9.38. The summed E-state index contributed by atoms with van der Waals surface area (Å²) in [7, 11) is 0. The Labute approximate surface area is 203 Å². The number of amides is 1. The van der Waals surface area contributed by atoms with Gasteiger partial charge in [0, 0.05) is 41.4 Å². The predicted molar refractivity (Wildman–Crippen MR) is 132 cm³/mol. The molecule has 0 radical (unpaired) electrons. The number of aromatic nitrogens is 4. The van der Waals surface area contributed by atoms with Gasteiger partial charge in [-0.15, -0.1) is 0 Å². The van der Waals surface area contributed by atoms with Gasteiger partial charge in [0.1, 0.15) is 5.52 Å². The Morgan fingerprint density at radius 2 is 1.97 bits per heavy atom. The third-order valence-electron chi connectivity index (χ3n) is 6.99. The summed E-state index contributed by atoms with van der Waals surface area (Å²) in [6.07, 6.45) is 6.71. The number of anilines is 3. The molecule has 10 heteroatoms. The maximum Gasteiger partial charge on any atom is 0.225 e. The van der Waals surface area contributed by atoms with Gasteiger partial charge in [0.15, 0.2) is 5.65 Å². The maximum atomic E-state index is 11.7. The van der Waals surface area contributed by atoms with Gasteiger partial charge in [-0.2, -0.15) is 4.98 Å². The van der Waals surface area contributed by atoms with Crippen molar-refractivity contribution in [2.24, 2.45) is 11.7 Å². The Bertz CT molecular complexity index is 1180. The van der Waals surface area contributed by atoms with Crippen LogP contribution in [0.15, 0.2) is 30.5 Å². The van der Waals surface area contributed by atoms with Crippen molar-refractivity contribution >= 4 is 46.3 Å². The molecule has 1 amide bonds. The van der Waals surface area contributed by atoms with E-state index in [0.29, 0.717) is 22.4 Å². The summed E-state index contributed by atoms with van der Waals surface area (Å²) in [5, 5.41) is 7.58. The predicted octanol–water partition coefficient (Wildman–Crippen LogP) is 4.42. The zero-order chi connectivity index (χ0) is 23.7. The summed E-state index contributed by atoms with van der Waals surface area (Å²) in [5.41, 5.74) is 7.78. The normalized spacial score (nSPS) is 22.4. The second-order valence-corrected chi connectivity index (χ2v) is 9.99. The fourth-order valence-electron chi connectivity index (χ4n) is 4.92. The van der Waals surface area contributed by atoms with Gasteiger partial charge in [0.2, 0.25) is 17.8 Å². The van der Waals surface area contributed by atoms with E-state index in [1.54, 1.807) is 6.20 Å². The van der Waals surface area contributed by atoms with Crippen LogP contribution in [0.4, 0.5) is 17.6 Å². The van der Waals surface area contributed by atoms with Crippen LogP contribution in [-0.4, -0.2) is 44.2 Å². The number of primary amides is 1. The number of carbonyl (C=O) groups excluding carboxylic acids is 1. The Morgan fingerprint density at radius 3 is 2.68 bits per heavy atom. The number of fused-ring (bicyclic) bond motifs is 1. The van der Waals surface area contributed by atoms with Crippen molar-refractivity contribution < 1.29 is 9.53 Å². The van der Waals surface area contributed by atoms with Crippen molar-refractivity contribution in [2.45, 2.75) is 57.0 Å². The summed E-state index contributed by atoms with van der Waals surface area (Å²) < 4.78 is 7.67. The maximum absolute atomic E-state index is 11.7. The number of halogens is 1. The summed E-state index contributed by atoms with van der Waals surface area (Å²) in [6.45, 7) is 3.62. The topological polar surface area (TPSA) is 120 Å². The number of benzene rings is 1. The molecule has 0 atom stereocenters. The molecule has 5 rings (SSSR count). The molecule has 1 aliphatic heterocycles. The summed E-state index contributed by atoms with van der Waals surface area (Å²) in [6, 6.07) is 7.68. The molecule has 3 aromatic rings. The van der Waals surface area contributed by atoms with Gasteiger partial charge in [-0.25, -0.2) is 9.97 Å². The number of carbonyl (C=O) groups is 1. The quantitative estimate of drug-likeness (QED) is 0.474. The molecule has 9 nitrogen and oxygen atoms in total. The lowest BCUT2D eigenvalue weighted by Gasteiger charge is -2.34. The number of rotatable bonds is 6. The minimum Gasteiger partial charge on any atom is -0.381 e. The fraction of sp³-hybridized carbons (Fsp3) is 0.500. The van der Waals surface area contributed by atoms with E-state index < -0.39 is 0 Å². The standard InChI is InChI=1S/C24H30ClN7O2/c1-24(9-11-34-12-10-24)31-22-27-14-19-21(30-22)32(18-7-5-15(6-8-18)20(26)33)23(29-19)28-17-4-2-3-16(25)13-17/h2-4,13-15,18H,5-12H2,1H3,(H2,26,33)(H,28,29)(H,27,30,31). The highest BCUT2D eigenvalue weighted by Gasteiger charge is 2.31. The van der Waals surface area contributed by atoms with Crippen molar-refractivity contribution in [3.63, 3.8) is 0 Å². The van der Waals surface area contributed by atoms with Crippen LogP contribution >= 0.6 is 11.6 Å².